The highest BCUT2D eigenvalue weighted by Gasteiger charge is 2.03. The highest BCUT2D eigenvalue weighted by atomic mass is 16.5. The lowest BCUT2D eigenvalue weighted by Gasteiger charge is -1.86. The molecule has 0 spiro atoms. The molecule has 2 aromatic heterocycles. The molecule has 11 heavy (non-hydrogen) atoms. The van der Waals surface area contributed by atoms with Gasteiger partial charge in [-0.15, -0.1) is 4.73 Å². The van der Waals surface area contributed by atoms with Crippen LogP contribution in [0.25, 0.3) is 11.2 Å². The summed E-state index contributed by atoms with van der Waals surface area (Å²) >= 11 is 0. The van der Waals surface area contributed by atoms with Crippen molar-refractivity contribution in [1.82, 2.24) is 19.7 Å². The first-order chi connectivity index (χ1) is 5.29. The van der Waals surface area contributed by atoms with Gasteiger partial charge < -0.3 is 10.2 Å². The van der Waals surface area contributed by atoms with Crippen LogP contribution >= 0.6 is 0 Å². The van der Waals surface area contributed by atoms with Gasteiger partial charge >= 0.3 is 5.69 Å². The number of nitrogens with zero attached hydrogens (tertiary/aromatic N) is 3. The number of nitrogens with one attached hydrogen (secondary N) is 1. The normalized spacial score (nSPS) is 10.5. The summed E-state index contributed by atoms with van der Waals surface area (Å²) < 4.78 is 0.441. The molecule has 0 saturated carbocycles. The molecule has 0 aliphatic carbocycles. The lowest BCUT2D eigenvalue weighted by molar-refractivity contribution is 0.186. The third-order valence-electron chi connectivity index (χ3n) is 1.33. The van der Waals surface area contributed by atoms with Crippen LogP contribution in [0.3, 0.4) is 0 Å². The van der Waals surface area contributed by atoms with E-state index in [1.807, 2.05) is 0 Å². The summed E-state index contributed by atoms with van der Waals surface area (Å²) in [6.45, 7) is 0. The molecule has 0 saturated heterocycles. The largest absolute Gasteiger partial charge is 0.422 e. The number of imidazole rings is 1. The predicted molar refractivity (Wildman–Crippen MR) is 35.3 cm³/mol. The molecule has 0 bridgehead atoms. The molecular weight excluding hydrogens is 148 g/mol. The van der Waals surface area contributed by atoms with E-state index < -0.39 is 5.69 Å². The molecule has 2 heterocycles. The quantitative estimate of drug-likeness (QED) is 0.491. The van der Waals surface area contributed by atoms with Gasteiger partial charge in [-0.2, -0.15) is 0 Å². The van der Waals surface area contributed by atoms with Gasteiger partial charge in [0.1, 0.15) is 11.8 Å². The number of hydrogen-bond donors (Lipinski definition) is 2. The molecule has 56 valence electrons. The molecule has 0 aliphatic heterocycles. The molecule has 0 amide bonds. The van der Waals surface area contributed by atoms with Gasteiger partial charge in [0.25, 0.3) is 0 Å². The van der Waals surface area contributed by atoms with Gasteiger partial charge in [0, 0.05) is 0 Å². The van der Waals surface area contributed by atoms with E-state index in [1.165, 1.54) is 12.5 Å². The summed E-state index contributed by atoms with van der Waals surface area (Å²) in [6.07, 6.45) is 2.67. The van der Waals surface area contributed by atoms with Crippen molar-refractivity contribution in [2.75, 3.05) is 0 Å². The van der Waals surface area contributed by atoms with Crippen LogP contribution in [-0.2, 0) is 0 Å². The van der Waals surface area contributed by atoms with Crippen molar-refractivity contribution in [2.45, 2.75) is 0 Å². The van der Waals surface area contributed by atoms with Gasteiger partial charge in [-0.3, -0.25) is 0 Å². The molecule has 6 heteroatoms. The average Bonchev–Trinajstić information content (AvgIpc) is 2.30. The molecular formula is C5H4N4O2. The van der Waals surface area contributed by atoms with Gasteiger partial charge in [0.15, 0.2) is 0 Å². The van der Waals surface area contributed by atoms with Gasteiger partial charge in [0.05, 0.1) is 6.20 Å². The Kier molecular flexibility index (Phi) is 0.974. The zero-order chi connectivity index (χ0) is 7.84. The van der Waals surface area contributed by atoms with Crippen molar-refractivity contribution in [2.24, 2.45) is 0 Å². The Bertz CT molecular complexity index is 443. The summed E-state index contributed by atoms with van der Waals surface area (Å²) in [7, 11) is 0. The van der Waals surface area contributed by atoms with E-state index in [2.05, 4.69) is 15.0 Å². The maximum absolute atomic E-state index is 10.7. The Labute approximate surface area is 60.1 Å². The molecule has 2 aromatic rings. The van der Waals surface area contributed by atoms with Crippen molar-refractivity contribution in [3.05, 3.63) is 23.0 Å². The van der Waals surface area contributed by atoms with Crippen LogP contribution in [0.1, 0.15) is 0 Å². The van der Waals surface area contributed by atoms with Gasteiger partial charge in [-0.25, -0.2) is 14.8 Å². The third kappa shape index (κ3) is 0.689. The lowest BCUT2D eigenvalue weighted by atomic mass is 10.6. The number of H-pyrrole nitrogens is 1. The van der Waals surface area contributed by atoms with Crippen molar-refractivity contribution in [3.63, 3.8) is 0 Å². The van der Waals surface area contributed by atoms with Crippen LogP contribution in [0.15, 0.2) is 17.3 Å². The van der Waals surface area contributed by atoms with E-state index >= 15 is 0 Å². The first-order valence-corrected chi connectivity index (χ1v) is 2.89. The van der Waals surface area contributed by atoms with E-state index in [0.717, 1.165) is 0 Å². The lowest BCUT2D eigenvalue weighted by Crippen LogP contribution is -2.13. The zero-order valence-corrected chi connectivity index (χ0v) is 5.35. The second-order valence-electron chi connectivity index (χ2n) is 2.00. The Morgan fingerprint density at radius 3 is 3.18 bits per heavy atom. The number of rotatable bonds is 0. The number of fused-ring (bicyclic) bond motifs is 1. The van der Waals surface area contributed by atoms with Gasteiger partial charge in [-0.05, 0) is 0 Å². The SMILES string of the molecule is O=c1[nH]c2cncnc2n1O. The van der Waals surface area contributed by atoms with Gasteiger partial charge in [0.2, 0.25) is 5.65 Å². The van der Waals surface area contributed by atoms with Gasteiger partial charge in [-0.1, -0.05) is 0 Å². The van der Waals surface area contributed by atoms with Crippen LogP contribution in [0.5, 0.6) is 0 Å². The Balaban J connectivity index is 3.04. The molecule has 0 radical (unpaired) electrons. The van der Waals surface area contributed by atoms with Crippen LogP contribution in [0.2, 0.25) is 0 Å². The summed E-state index contributed by atoms with van der Waals surface area (Å²) in [6, 6.07) is 0. The minimum atomic E-state index is -0.611. The molecule has 0 atom stereocenters. The first kappa shape index (κ1) is 5.90. The Morgan fingerprint density at radius 2 is 2.45 bits per heavy atom. The Morgan fingerprint density at radius 1 is 1.64 bits per heavy atom. The fraction of sp³-hybridized carbons (Fsp3) is 0. The van der Waals surface area contributed by atoms with Crippen LogP contribution in [0, 0.1) is 0 Å². The summed E-state index contributed by atoms with van der Waals surface area (Å²) in [5.74, 6) is 0. The first-order valence-electron chi connectivity index (χ1n) is 2.89. The van der Waals surface area contributed by atoms with Crippen LogP contribution < -0.4 is 5.69 Å². The third-order valence-corrected chi connectivity index (χ3v) is 1.33. The maximum Gasteiger partial charge on any atom is 0.360 e. The fourth-order valence-corrected chi connectivity index (χ4v) is 0.844. The number of aromatic amines is 1. The van der Waals surface area contributed by atoms with Crippen LogP contribution in [0.4, 0.5) is 0 Å². The maximum atomic E-state index is 10.7. The van der Waals surface area contributed by atoms with Crippen molar-refractivity contribution >= 4 is 11.2 Å². The van der Waals surface area contributed by atoms with Crippen LogP contribution in [-0.4, -0.2) is 24.9 Å². The van der Waals surface area contributed by atoms with E-state index in [0.29, 0.717) is 10.2 Å². The molecule has 0 unspecified atom stereocenters. The van der Waals surface area contributed by atoms with Crippen molar-refractivity contribution in [1.29, 1.82) is 0 Å². The molecule has 6 nitrogen and oxygen atoms in total. The van der Waals surface area contributed by atoms with Crippen molar-refractivity contribution in [3.8, 4) is 0 Å². The Hall–Kier alpha value is -1.85. The fourth-order valence-electron chi connectivity index (χ4n) is 0.844. The van der Waals surface area contributed by atoms with E-state index in [-0.39, 0.29) is 5.65 Å². The summed E-state index contributed by atoms with van der Waals surface area (Å²) in [4.78, 5) is 20.4. The number of hydrogen-bond acceptors (Lipinski definition) is 4. The number of aromatic nitrogens is 4. The van der Waals surface area contributed by atoms with E-state index in [4.69, 9.17) is 5.21 Å². The second-order valence-corrected chi connectivity index (χ2v) is 2.00. The van der Waals surface area contributed by atoms with E-state index in [1.54, 1.807) is 0 Å². The standard InChI is InChI=1S/C5H4N4O2/c10-5-8-3-1-6-2-7-4(3)9(5)11/h1-2,11H,(H,8,10). The molecule has 0 aliphatic rings. The molecule has 0 aromatic carbocycles. The molecule has 2 N–H and O–H groups in total. The van der Waals surface area contributed by atoms with E-state index in [9.17, 15) is 4.79 Å². The smallest absolute Gasteiger partial charge is 0.360 e. The predicted octanol–water partition coefficient (Wildman–Crippen LogP) is -0.643. The summed E-state index contributed by atoms with van der Waals surface area (Å²) in [5, 5.41) is 8.98. The highest BCUT2D eigenvalue weighted by molar-refractivity contribution is 5.68. The second kappa shape index (κ2) is 1.82. The summed E-state index contributed by atoms with van der Waals surface area (Å²) in [5.41, 5.74) is -0.00880. The zero-order valence-electron chi connectivity index (χ0n) is 5.35. The highest BCUT2D eigenvalue weighted by Crippen LogP contribution is 1.99. The average molecular weight is 152 g/mol. The monoisotopic (exact) mass is 152 g/mol. The minimum Gasteiger partial charge on any atom is -0.422 e. The van der Waals surface area contributed by atoms with Crippen molar-refractivity contribution < 1.29 is 5.21 Å². The molecule has 2 rings (SSSR count). The minimum absolute atomic E-state index is 0.185. The topological polar surface area (TPSA) is 83.8 Å². The molecule has 0 fully saturated rings.